The zero-order chi connectivity index (χ0) is 18.4. The first-order valence-electron chi connectivity index (χ1n) is 7.72. The molecular weight excluding hydrogens is 344 g/mol. The largest absolute Gasteiger partial charge is 0.494 e. The SMILES string of the molecule is CCOc1ccc2c(c1)C1(SC(NC(C)=O)=NN1C(C)=O)C(=O)N2C. The van der Waals surface area contributed by atoms with Crippen LogP contribution in [0.4, 0.5) is 5.69 Å². The number of anilines is 1. The number of amides is 3. The molecule has 0 saturated heterocycles. The lowest BCUT2D eigenvalue weighted by Gasteiger charge is -2.29. The fraction of sp³-hybridized carbons (Fsp3) is 0.375. The maximum absolute atomic E-state index is 13.1. The van der Waals surface area contributed by atoms with Crippen LogP contribution >= 0.6 is 11.8 Å². The average molecular weight is 362 g/mol. The van der Waals surface area contributed by atoms with Crippen molar-refractivity contribution in [3.8, 4) is 5.75 Å². The van der Waals surface area contributed by atoms with Crippen LogP contribution < -0.4 is 15.0 Å². The van der Waals surface area contributed by atoms with Gasteiger partial charge in [-0.25, -0.2) is 0 Å². The predicted molar refractivity (Wildman–Crippen MR) is 94.1 cm³/mol. The molecule has 1 unspecified atom stereocenters. The van der Waals surface area contributed by atoms with Crippen LogP contribution in [0.1, 0.15) is 26.3 Å². The highest BCUT2D eigenvalue weighted by Crippen LogP contribution is 2.54. The lowest BCUT2D eigenvalue weighted by Crippen LogP contribution is -2.47. The van der Waals surface area contributed by atoms with Gasteiger partial charge < -0.3 is 15.0 Å². The maximum Gasteiger partial charge on any atom is 0.270 e. The standard InChI is InChI=1S/C16H18N4O4S/c1-5-24-11-6-7-13-12(8-11)16(14(23)19(13)4)20(10(3)22)18-15(25-16)17-9(2)21/h6-8H,5H2,1-4H3,(H,17,18,21). The topological polar surface area (TPSA) is 91.3 Å². The van der Waals surface area contributed by atoms with Gasteiger partial charge in [-0.1, -0.05) is 0 Å². The molecule has 3 rings (SSSR count). The van der Waals surface area contributed by atoms with E-state index in [0.717, 1.165) is 16.8 Å². The number of nitrogens with one attached hydrogen (secondary N) is 1. The van der Waals surface area contributed by atoms with Gasteiger partial charge in [0, 0.05) is 26.5 Å². The molecule has 2 aliphatic rings. The minimum absolute atomic E-state index is 0.208. The molecule has 0 fully saturated rings. The van der Waals surface area contributed by atoms with Crippen molar-refractivity contribution >= 4 is 40.3 Å². The Hall–Kier alpha value is -2.55. The van der Waals surface area contributed by atoms with Crippen LogP contribution in [0, 0.1) is 0 Å². The van der Waals surface area contributed by atoms with Crippen LogP contribution in [0.3, 0.4) is 0 Å². The van der Waals surface area contributed by atoms with Crippen LogP contribution in [0.2, 0.25) is 0 Å². The zero-order valence-corrected chi connectivity index (χ0v) is 15.1. The van der Waals surface area contributed by atoms with Crippen LogP contribution in [-0.2, 0) is 19.3 Å². The number of carbonyl (C=O) groups is 3. The molecule has 1 spiro atoms. The first-order valence-corrected chi connectivity index (χ1v) is 8.54. The van der Waals surface area contributed by atoms with E-state index in [1.807, 2.05) is 6.92 Å². The molecular formula is C16H18N4O4S. The summed E-state index contributed by atoms with van der Waals surface area (Å²) in [6.07, 6.45) is 0. The third kappa shape index (κ3) is 2.55. The van der Waals surface area contributed by atoms with E-state index >= 15 is 0 Å². The summed E-state index contributed by atoms with van der Waals surface area (Å²) in [6.45, 7) is 5.02. The van der Waals surface area contributed by atoms with E-state index in [1.54, 1.807) is 25.2 Å². The number of likely N-dealkylation sites (N-methyl/N-ethyl adjacent to an activating group) is 1. The van der Waals surface area contributed by atoms with Crippen molar-refractivity contribution in [2.75, 3.05) is 18.6 Å². The third-order valence-corrected chi connectivity index (χ3v) is 5.15. The van der Waals surface area contributed by atoms with Crippen molar-refractivity contribution < 1.29 is 19.1 Å². The van der Waals surface area contributed by atoms with Crippen molar-refractivity contribution in [1.82, 2.24) is 10.3 Å². The Labute approximate surface area is 149 Å². The number of thioether (sulfide) groups is 1. The predicted octanol–water partition coefficient (Wildman–Crippen LogP) is 1.22. The fourth-order valence-corrected chi connectivity index (χ4v) is 4.30. The summed E-state index contributed by atoms with van der Waals surface area (Å²) in [7, 11) is 1.64. The van der Waals surface area contributed by atoms with E-state index in [0.29, 0.717) is 23.6 Å². The second-order valence-electron chi connectivity index (χ2n) is 5.64. The summed E-state index contributed by atoms with van der Waals surface area (Å²) in [6, 6.07) is 5.30. The molecule has 9 heteroatoms. The minimum Gasteiger partial charge on any atom is -0.494 e. The molecule has 2 aliphatic heterocycles. The van der Waals surface area contributed by atoms with E-state index in [2.05, 4.69) is 10.4 Å². The van der Waals surface area contributed by atoms with Gasteiger partial charge in [0.15, 0.2) is 5.17 Å². The lowest BCUT2D eigenvalue weighted by molar-refractivity contribution is -0.139. The number of ether oxygens (including phenoxy) is 1. The smallest absolute Gasteiger partial charge is 0.270 e. The second-order valence-corrected chi connectivity index (χ2v) is 6.82. The Morgan fingerprint density at radius 3 is 2.68 bits per heavy atom. The number of hydrogen-bond acceptors (Lipinski definition) is 6. The van der Waals surface area contributed by atoms with E-state index in [4.69, 9.17) is 4.74 Å². The summed E-state index contributed by atoms with van der Waals surface area (Å²) >= 11 is 1.04. The van der Waals surface area contributed by atoms with E-state index in [1.165, 1.54) is 18.7 Å². The molecule has 25 heavy (non-hydrogen) atoms. The average Bonchev–Trinajstić information content (AvgIpc) is 3.01. The molecule has 1 atom stereocenters. The highest BCUT2D eigenvalue weighted by molar-refractivity contribution is 8.15. The van der Waals surface area contributed by atoms with Gasteiger partial charge in [0.05, 0.1) is 12.3 Å². The summed E-state index contributed by atoms with van der Waals surface area (Å²) in [5.41, 5.74) is 1.28. The summed E-state index contributed by atoms with van der Waals surface area (Å²) in [5.74, 6) is -0.431. The van der Waals surface area contributed by atoms with Gasteiger partial charge in [0.25, 0.3) is 5.91 Å². The number of hydrogen-bond donors (Lipinski definition) is 1. The minimum atomic E-state index is -1.37. The first-order chi connectivity index (χ1) is 11.8. The van der Waals surface area contributed by atoms with Gasteiger partial charge in [0.2, 0.25) is 16.7 Å². The van der Waals surface area contributed by atoms with Gasteiger partial charge in [-0.05, 0) is 36.9 Å². The molecule has 1 aromatic rings. The molecule has 0 radical (unpaired) electrons. The number of rotatable bonds is 2. The normalized spacial score (nSPS) is 21.4. The van der Waals surface area contributed by atoms with Gasteiger partial charge >= 0.3 is 0 Å². The Morgan fingerprint density at radius 2 is 2.08 bits per heavy atom. The van der Waals surface area contributed by atoms with Crippen molar-refractivity contribution in [1.29, 1.82) is 0 Å². The van der Waals surface area contributed by atoms with E-state index < -0.39 is 10.8 Å². The van der Waals surface area contributed by atoms with Crippen LogP contribution in [0.5, 0.6) is 5.75 Å². The molecule has 2 heterocycles. The summed E-state index contributed by atoms with van der Waals surface area (Å²) < 4.78 is 5.54. The third-order valence-electron chi connectivity index (χ3n) is 3.91. The van der Waals surface area contributed by atoms with Crippen LogP contribution in [0.25, 0.3) is 0 Å². The monoisotopic (exact) mass is 362 g/mol. The summed E-state index contributed by atoms with van der Waals surface area (Å²) in [5, 5.41) is 8.06. The highest BCUT2D eigenvalue weighted by atomic mass is 32.2. The molecule has 1 aromatic carbocycles. The van der Waals surface area contributed by atoms with Gasteiger partial charge in [-0.3, -0.25) is 14.4 Å². The lowest BCUT2D eigenvalue weighted by atomic mass is 10.1. The van der Waals surface area contributed by atoms with Crippen molar-refractivity contribution in [3.05, 3.63) is 23.8 Å². The zero-order valence-electron chi connectivity index (χ0n) is 14.3. The Morgan fingerprint density at radius 1 is 1.36 bits per heavy atom. The van der Waals surface area contributed by atoms with Crippen molar-refractivity contribution in [2.24, 2.45) is 5.10 Å². The highest BCUT2D eigenvalue weighted by Gasteiger charge is 2.60. The first kappa shape index (κ1) is 17.3. The number of carbonyl (C=O) groups excluding carboxylic acids is 3. The van der Waals surface area contributed by atoms with Crippen molar-refractivity contribution in [3.63, 3.8) is 0 Å². The number of hydrazone groups is 1. The fourth-order valence-electron chi connectivity index (χ4n) is 2.95. The van der Waals surface area contributed by atoms with Crippen LogP contribution in [0.15, 0.2) is 23.3 Å². The molecule has 3 amide bonds. The number of benzene rings is 1. The molecule has 8 nitrogen and oxygen atoms in total. The van der Waals surface area contributed by atoms with Gasteiger partial charge in [-0.2, -0.15) is 5.01 Å². The maximum atomic E-state index is 13.1. The van der Waals surface area contributed by atoms with Crippen molar-refractivity contribution in [2.45, 2.75) is 25.6 Å². The summed E-state index contributed by atoms with van der Waals surface area (Å²) in [4.78, 5) is 36.8. The molecule has 0 bridgehead atoms. The Balaban J connectivity index is 2.15. The van der Waals surface area contributed by atoms with Gasteiger partial charge in [0.1, 0.15) is 5.75 Å². The quantitative estimate of drug-likeness (QED) is 0.854. The number of nitrogens with zero attached hydrogens (tertiary/aromatic N) is 3. The second kappa shape index (κ2) is 6.07. The molecule has 0 aliphatic carbocycles. The number of amidine groups is 1. The molecule has 132 valence electrons. The molecule has 0 aromatic heterocycles. The van der Waals surface area contributed by atoms with E-state index in [-0.39, 0.29) is 17.0 Å². The Bertz CT molecular complexity index is 809. The van der Waals surface area contributed by atoms with Gasteiger partial charge in [-0.15, -0.1) is 5.10 Å². The number of fused-ring (bicyclic) bond motifs is 2. The van der Waals surface area contributed by atoms with E-state index in [9.17, 15) is 14.4 Å². The molecule has 0 saturated carbocycles. The van der Waals surface area contributed by atoms with Crippen LogP contribution in [-0.4, -0.2) is 41.6 Å². The molecule has 1 N–H and O–H groups in total. The Kier molecular flexibility index (Phi) is 4.19.